The van der Waals surface area contributed by atoms with E-state index in [0.29, 0.717) is 17.5 Å². The Hall–Kier alpha value is -3.77. The standard InChI is InChI=1S/C26H28F3N3O5S/c1-32(2)13-4-14-37-24-15-18(17-5-8-19(9-6-17)26(27,28)29)7-11-21(24)25(34)30-20-10-12-23(33)22(16-20)31-38(3,35)36/h5-12,15-16,31,33H,4,13-14H2,1-3H3,(H,30,34). The van der Waals surface area contributed by atoms with E-state index >= 15 is 0 Å². The van der Waals surface area contributed by atoms with Crippen LogP contribution >= 0.6 is 0 Å². The van der Waals surface area contributed by atoms with Crippen LogP contribution in [0.4, 0.5) is 24.5 Å². The van der Waals surface area contributed by atoms with Crippen molar-refractivity contribution in [2.24, 2.45) is 0 Å². The topological polar surface area (TPSA) is 108 Å². The first-order valence-electron chi connectivity index (χ1n) is 11.4. The number of amides is 1. The van der Waals surface area contributed by atoms with Crippen LogP contribution in [0, 0.1) is 0 Å². The molecule has 0 radical (unpaired) electrons. The third kappa shape index (κ3) is 8.12. The van der Waals surface area contributed by atoms with E-state index in [0.717, 1.165) is 24.9 Å². The number of carbonyl (C=O) groups is 1. The van der Waals surface area contributed by atoms with E-state index in [1.165, 1.54) is 36.4 Å². The van der Waals surface area contributed by atoms with Crippen LogP contribution < -0.4 is 14.8 Å². The Morgan fingerprint density at radius 3 is 2.26 bits per heavy atom. The molecule has 0 bridgehead atoms. The van der Waals surface area contributed by atoms with Gasteiger partial charge < -0.3 is 20.1 Å². The lowest BCUT2D eigenvalue weighted by Crippen LogP contribution is -2.17. The van der Waals surface area contributed by atoms with Crippen molar-refractivity contribution in [1.29, 1.82) is 0 Å². The summed E-state index contributed by atoms with van der Waals surface area (Å²) >= 11 is 0. The predicted octanol–water partition coefficient (Wildman–Crippen LogP) is 5.03. The van der Waals surface area contributed by atoms with Crippen LogP contribution in [0.25, 0.3) is 11.1 Å². The number of ether oxygens (including phenoxy) is 1. The number of phenols is 1. The molecule has 1 amide bonds. The molecule has 0 spiro atoms. The minimum atomic E-state index is -4.45. The van der Waals surface area contributed by atoms with E-state index in [1.54, 1.807) is 12.1 Å². The summed E-state index contributed by atoms with van der Waals surface area (Å²) in [6, 6.07) is 13.2. The highest BCUT2D eigenvalue weighted by molar-refractivity contribution is 7.92. The second-order valence-corrected chi connectivity index (χ2v) is 10.6. The maximum absolute atomic E-state index is 13.1. The smallest absolute Gasteiger partial charge is 0.416 e. The first-order chi connectivity index (χ1) is 17.7. The Morgan fingerprint density at radius 2 is 1.66 bits per heavy atom. The van der Waals surface area contributed by atoms with Gasteiger partial charge in [0.1, 0.15) is 11.5 Å². The molecule has 3 aromatic carbocycles. The van der Waals surface area contributed by atoms with Crippen LogP contribution in [0.3, 0.4) is 0 Å². The molecule has 38 heavy (non-hydrogen) atoms. The summed E-state index contributed by atoms with van der Waals surface area (Å²) < 4.78 is 70.0. The molecular weight excluding hydrogens is 523 g/mol. The Bertz CT molecular complexity index is 1390. The number of carbonyl (C=O) groups excluding carboxylic acids is 1. The van der Waals surface area contributed by atoms with Gasteiger partial charge in [0, 0.05) is 12.2 Å². The number of benzene rings is 3. The molecule has 12 heteroatoms. The summed E-state index contributed by atoms with van der Waals surface area (Å²) in [5.41, 5.74) is 0.569. The molecule has 0 aliphatic carbocycles. The highest BCUT2D eigenvalue weighted by Gasteiger charge is 2.30. The molecule has 0 unspecified atom stereocenters. The van der Waals surface area contributed by atoms with Crippen molar-refractivity contribution in [3.63, 3.8) is 0 Å². The zero-order valence-corrected chi connectivity index (χ0v) is 21.8. The third-order valence-electron chi connectivity index (χ3n) is 5.33. The van der Waals surface area contributed by atoms with Crippen molar-refractivity contribution in [2.75, 3.05) is 43.5 Å². The van der Waals surface area contributed by atoms with E-state index in [-0.39, 0.29) is 35.0 Å². The minimum Gasteiger partial charge on any atom is -0.506 e. The van der Waals surface area contributed by atoms with Crippen molar-refractivity contribution in [2.45, 2.75) is 12.6 Å². The zero-order valence-electron chi connectivity index (χ0n) is 21.0. The number of phenolic OH excluding ortho intramolecular Hbond substituents is 1. The predicted molar refractivity (Wildman–Crippen MR) is 140 cm³/mol. The number of hydrogen-bond acceptors (Lipinski definition) is 6. The van der Waals surface area contributed by atoms with Crippen LogP contribution in [0.2, 0.25) is 0 Å². The highest BCUT2D eigenvalue weighted by Crippen LogP contribution is 2.33. The van der Waals surface area contributed by atoms with Gasteiger partial charge in [-0.25, -0.2) is 8.42 Å². The average Bonchev–Trinajstić information content (AvgIpc) is 2.82. The molecule has 0 saturated carbocycles. The Morgan fingerprint density at radius 1 is 1.00 bits per heavy atom. The first-order valence-corrected chi connectivity index (χ1v) is 13.3. The van der Waals surface area contributed by atoms with Gasteiger partial charge >= 0.3 is 6.18 Å². The lowest BCUT2D eigenvalue weighted by molar-refractivity contribution is -0.137. The van der Waals surface area contributed by atoms with Crippen molar-refractivity contribution in [1.82, 2.24) is 4.90 Å². The molecule has 0 aliphatic rings. The van der Waals surface area contributed by atoms with Crippen LogP contribution in [0.1, 0.15) is 22.3 Å². The van der Waals surface area contributed by atoms with E-state index in [4.69, 9.17) is 4.74 Å². The largest absolute Gasteiger partial charge is 0.506 e. The highest BCUT2D eigenvalue weighted by atomic mass is 32.2. The number of nitrogens with zero attached hydrogens (tertiary/aromatic N) is 1. The number of anilines is 2. The Labute approximate surface area is 219 Å². The van der Waals surface area contributed by atoms with Gasteiger partial charge in [-0.3, -0.25) is 9.52 Å². The summed E-state index contributed by atoms with van der Waals surface area (Å²) in [5.74, 6) is -0.659. The van der Waals surface area contributed by atoms with E-state index < -0.39 is 27.7 Å². The lowest BCUT2D eigenvalue weighted by atomic mass is 10.0. The van der Waals surface area contributed by atoms with Gasteiger partial charge in [0.05, 0.1) is 29.7 Å². The normalized spacial score (nSPS) is 11.9. The first kappa shape index (κ1) is 28.8. The number of aromatic hydroxyl groups is 1. The fourth-order valence-corrected chi connectivity index (χ4v) is 4.08. The fraction of sp³-hybridized carbons (Fsp3) is 0.269. The van der Waals surface area contributed by atoms with Crippen molar-refractivity contribution in [3.8, 4) is 22.6 Å². The van der Waals surface area contributed by atoms with Gasteiger partial charge in [0.15, 0.2) is 0 Å². The van der Waals surface area contributed by atoms with E-state index in [9.17, 15) is 31.5 Å². The number of rotatable bonds is 10. The molecule has 0 heterocycles. The summed E-state index contributed by atoms with van der Waals surface area (Å²) in [5, 5.41) is 12.6. The zero-order chi connectivity index (χ0) is 28.1. The minimum absolute atomic E-state index is 0.108. The van der Waals surface area contributed by atoms with Gasteiger partial charge in [0.25, 0.3) is 5.91 Å². The number of sulfonamides is 1. The molecule has 0 fully saturated rings. The molecule has 0 aliphatic heterocycles. The maximum atomic E-state index is 13.1. The number of nitrogens with one attached hydrogen (secondary N) is 2. The summed E-state index contributed by atoms with van der Waals surface area (Å²) in [6.45, 7) is 1.03. The third-order valence-corrected chi connectivity index (χ3v) is 5.92. The summed E-state index contributed by atoms with van der Waals surface area (Å²) in [6.07, 6.45) is -2.86. The molecular formula is C26H28F3N3O5S. The molecule has 3 N–H and O–H groups in total. The monoisotopic (exact) mass is 551 g/mol. The Balaban J connectivity index is 1.90. The SMILES string of the molecule is CN(C)CCCOc1cc(-c2ccc(C(F)(F)F)cc2)ccc1C(=O)Nc1ccc(O)c(NS(C)(=O)=O)c1. The molecule has 3 rings (SSSR count). The molecule has 0 atom stereocenters. The van der Waals surface area contributed by atoms with Crippen molar-refractivity contribution in [3.05, 3.63) is 71.8 Å². The maximum Gasteiger partial charge on any atom is 0.416 e. The number of halogens is 3. The average molecular weight is 552 g/mol. The van der Waals surface area contributed by atoms with Gasteiger partial charge in [-0.2, -0.15) is 13.2 Å². The quantitative estimate of drug-likeness (QED) is 0.185. The van der Waals surface area contributed by atoms with Gasteiger partial charge in [0.2, 0.25) is 10.0 Å². The summed E-state index contributed by atoms with van der Waals surface area (Å²) in [7, 11) is 0.149. The van der Waals surface area contributed by atoms with Crippen molar-refractivity contribution >= 4 is 27.3 Å². The second kappa shape index (κ2) is 11.7. The molecule has 3 aromatic rings. The Kier molecular flexibility index (Phi) is 8.89. The van der Waals surface area contributed by atoms with Crippen LogP contribution in [-0.4, -0.2) is 57.8 Å². The summed E-state index contributed by atoms with van der Waals surface area (Å²) in [4.78, 5) is 15.1. The fourth-order valence-electron chi connectivity index (χ4n) is 3.52. The number of alkyl halides is 3. The lowest BCUT2D eigenvalue weighted by Gasteiger charge is -2.16. The van der Waals surface area contributed by atoms with Crippen LogP contribution in [0.5, 0.6) is 11.5 Å². The molecule has 8 nitrogen and oxygen atoms in total. The van der Waals surface area contributed by atoms with Crippen molar-refractivity contribution < 1.29 is 36.2 Å². The van der Waals surface area contributed by atoms with Gasteiger partial charge in [-0.05, 0) is 74.1 Å². The molecule has 204 valence electrons. The second-order valence-electron chi connectivity index (χ2n) is 8.85. The van der Waals surface area contributed by atoms with Crippen LogP contribution in [0.15, 0.2) is 60.7 Å². The van der Waals surface area contributed by atoms with E-state index in [2.05, 4.69) is 10.0 Å². The van der Waals surface area contributed by atoms with E-state index in [1.807, 2.05) is 19.0 Å². The van der Waals surface area contributed by atoms with Crippen LogP contribution in [-0.2, 0) is 16.2 Å². The molecule has 0 saturated heterocycles. The molecule has 0 aromatic heterocycles. The van der Waals surface area contributed by atoms with Gasteiger partial charge in [-0.15, -0.1) is 0 Å². The number of hydrogen-bond donors (Lipinski definition) is 3. The van der Waals surface area contributed by atoms with Gasteiger partial charge in [-0.1, -0.05) is 18.2 Å².